The predicted molar refractivity (Wildman–Crippen MR) is 65.3 cm³/mol. The van der Waals surface area contributed by atoms with Crippen molar-refractivity contribution in [3.63, 3.8) is 0 Å². The van der Waals surface area contributed by atoms with Crippen molar-refractivity contribution in [2.75, 3.05) is 18.0 Å². The Morgan fingerprint density at radius 1 is 1.50 bits per heavy atom. The van der Waals surface area contributed by atoms with E-state index in [1.165, 1.54) is 5.56 Å². The topological polar surface area (TPSA) is 27.0 Å². The van der Waals surface area contributed by atoms with Crippen LogP contribution in [0.2, 0.25) is 0 Å². The Hall–Kier alpha value is -1.49. The number of hydrogen-bond acceptors (Lipinski definition) is 2. The summed E-state index contributed by atoms with van der Waals surface area (Å²) in [6.07, 6.45) is 4.31. The standard InChI is InChI=1S/C14H16N2/c1-11(2)12-5-6-14-13(10-12)4-3-8-16(14)9-7-15/h5-6,10-11H,3,8-9H2,1-2H3. The fourth-order valence-electron chi connectivity index (χ4n) is 2.03. The molecule has 1 aliphatic heterocycles. The van der Waals surface area contributed by atoms with E-state index >= 15 is 0 Å². The van der Waals surface area contributed by atoms with Crippen LogP contribution < -0.4 is 4.90 Å². The minimum atomic E-state index is 0.468. The molecule has 0 N–H and O–H groups in total. The van der Waals surface area contributed by atoms with Gasteiger partial charge in [0.25, 0.3) is 0 Å². The Morgan fingerprint density at radius 3 is 3.00 bits per heavy atom. The number of nitriles is 1. The molecule has 0 amide bonds. The zero-order valence-electron chi connectivity index (χ0n) is 9.83. The van der Waals surface area contributed by atoms with Gasteiger partial charge in [0.15, 0.2) is 0 Å². The smallest absolute Gasteiger partial charge is 0.105 e. The van der Waals surface area contributed by atoms with Gasteiger partial charge in [-0.15, -0.1) is 0 Å². The van der Waals surface area contributed by atoms with E-state index in [4.69, 9.17) is 5.26 Å². The predicted octanol–water partition coefficient (Wildman–Crippen LogP) is 2.97. The maximum absolute atomic E-state index is 8.77. The largest absolute Gasteiger partial charge is 0.358 e. The Labute approximate surface area is 97.5 Å². The molecule has 1 heterocycles. The van der Waals surface area contributed by atoms with Gasteiger partial charge in [-0.1, -0.05) is 26.0 Å². The minimum absolute atomic E-state index is 0.468. The maximum Gasteiger partial charge on any atom is 0.105 e. The van der Waals surface area contributed by atoms with Crippen LogP contribution in [0.15, 0.2) is 18.2 Å². The van der Waals surface area contributed by atoms with Crippen LogP contribution in [0.3, 0.4) is 0 Å². The Morgan fingerprint density at radius 2 is 2.31 bits per heavy atom. The minimum Gasteiger partial charge on any atom is -0.358 e. The molecule has 2 radical (unpaired) electrons. The molecular weight excluding hydrogens is 196 g/mol. The van der Waals surface area contributed by atoms with E-state index in [2.05, 4.69) is 49.4 Å². The quantitative estimate of drug-likeness (QED) is 0.705. The number of fused-ring (bicyclic) bond motifs is 1. The van der Waals surface area contributed by atoms with Gasteiger partial charge in [-0.2, -0.15) is 5.26 Å². The fraction of sp³-hybridized carbons (Fsp3) is 0.429. The van der Waals surface area contributed by atoms with E-state index in [-0.39, 0.29) is 0 Å². The second kappa shape index (κ2) is 4.57. The lowest BCUT2D eigenvalue weighted by Crippen LogP contribution is -2.29. The molecular formula is C14H16N2. The molecule has 16 heavy (non-hydrogen) atoms. The van der Waals surface area contributed by atoms with Crippen molar-refractivity contribution in [1.29, 1.82) is 5.26 Å². The summed E-state index contributed by atoms with van der Waals surface area (Å²) in [6, 6.07) is 8.68. The van der Waals surface area contributed by atoms with Gasteiger partial charge in [0.1, 0.15) is 6.54 Å². The molecule has 0 aliphatic carbocycles. The van der Waals surface area contributed by atoms with Gasteiger partial charge in [-0.05, 0) is 29.5 Å². The monoisotopic (exact) mass is 212 g/mol. The molecule has 0 atom stereocenters. The summed E-state index contributed by atoms with van der Waals surface area (Å²) in [5.74, 6) is 0.540. The van der Waals surface area contributed by atoms with Crippen molar-refractivity contribution < 1.29 is 0 Å². The van der Waals surface area contributed by atoms with Gasteiger partial charge in [0.05, 0.1) is 6.07 Å². The van der Waals surface area contributed by atoms with E-state index < -0.39 is 0 Å². The average molecular weight is 212 g/mol. The first kappa shape index (κ1) is 11.0. The van der Waals surface area contributed by atoms with Crippen LogP contribution in [0.1, 0.15) is 37.3 Å². The van der Waals surface area contributed by atoms with Crippen LogP contribution in [0.25, 0.3) is 0 Å². The first-order valence-electron chi connectivity index (χ1n) is 5.72. The van der Waals surface area contributed by atoms with Crippen molar-refractivity contribution in [2.45, 2.75) is 26.2 Å². The van der Waals surface area contributed by atoms with Crippen molar-refractivity contribution >= 4 is 5.69 Å². The lowest BCUT2D eigenvalue weighted by molar-refractivity contribution is 0.798. The molecule has 2 heteroatoms. The molecule has 0 unspecified atom stereocenters. The van der Waals surface area contributed by atoms with Crippen LogP contribution in [0, 0.1) is 17.8 Å². The number of anilines is 1. The summed E-state index contributed by atoms with van der Waals surface area (Å²) in [4.78, 5) is 2.12. The second-order valence-electron chi connectivity index (χ2n) is 4.44. The summed E-state index contributed by atoms with van der Waals surface area (Å²) in [5.41, 5.74) is 3.65. The van der Waals surface area contributed by atoms with E-state index in [0.717, 1.165) is 24.2 Å². The molecule has 0 bridgehead atoms. The average Bonchev–Trinajstić information content (AvgIpc) is 2.29. The molecule has 0 saturated heterocycles. The van der Waals surface area contributed by atoms with E-state index in [9.17, 15) is 0 Å². The fourth-order valence-corrected chi connectivity index (χ4v) is 2.03. The van der Waals surface area contributed by atoms with Gasteiger partial charge in [0, 0.05) is 18.7 Å². The van der Waals surface area contributed by atoms with Crippen LogP contribution >= 0.6 is 0 Å². The highest BCUT2D eigenvalue weighted by molar-refractivity contribution is 5.60. The van der Waals surface area contributed by atoms with E-state index in [0.29, 0.717) is 12.5 Å². The third-order valence-corrected chi connectivity index (χ3v) is 2.99. The number of benzene rings is 1. The van der Waals surface area contributed by atoms with Crippen molar-refractivity contribution in [2.24, 2.45) is 0 Å². The third kappa shape index (κ3) is 2.04. The van der Waals surface area contributed by atoms with Crippen LogP contribution in [0.4, 0.5) is 5.69 Å². The molecule has 0 saturated carbocycles. The van der Waals surface area contributed by atoms with E-state index in [1.54, 1.807) is 0 Å². The molecule has 1 aromatic carbocycles. The van der Waals surface area contributed by atoms with Gasteiger partial charge < -0.3 is 4.90 Å². The molecule has 1 aromatic rings. The number of rotatable bonds is 2. The summed E-state index contributed by atoms with van der Waals surface area (Å²) in [7, 11) is 0. The summed E-state index contributed by atoms with van der Waals surface area (Å²) < 4.78 is 0. The van der Waals surface area contributed by atoms with Crippen LogP contribution in [-0.2, 0) is 0 Å². The second-order valence-corrected chi connectivity index (χ2v) is 4.44. The molecule has 2 nitrogen and oxygen atoms in total. The molecule has 1 aliphatic rings. The molecule has 82 valence electrons. The first-order valence-corrected chi connectivity index (χ1v) is 5.72. The van der Waals surface area contributed by atoms with E-state index in [1.807, 2.05) is 0 Å². The van der Waals surface area contributed by atoms with Gasteiger partial charge in [0.2, 0.25) is 0 Å². The molecule has 0 spiro atoms. The van der Waals surface area contributed by atoms with Crippen LogP contribution in [-0.4, -0.2) is 13.1 Å². The zero-order valence-corrected chi connectivity index (χ0v) is 9.83. The Bertz CT molecular complexity index is 415. The highest BCUT2D eigenvalue weighted by Crippen LogP contribution is 2.30. The molecule has 0 fully saturated rings. The summed E-state index contributed by atoms with van der Waals surface area (Å²) in [5, 5.41) is 8.77. The van der Waals surface area contributed by atoms with Crippen molar-refractivity contribution in [3.05, 3.63) is 35.7 Å². The lowest BCUT2D eigenvalue weighted by atomic mass is 9.95. The molecule has 0 aromatic heterocycles. The summed E-state index contributed by atoms with van der Waals surface area (Å²) >= 11 is 0. The summed E-state index contributed by atoms with van der Waals surface area (Å²) in [6.45, 7) is 5.76. The van der Waals surface area contributed by atoms with Gasteiger partial charge >= 0.3 is 0 Å². The zero-order chi connectivity index (χ0) is 11.5. The SMILES string of the molecule is CC(C)c1ccc2c(c1)[C]CCN2CC#N. The normalized spacial score (nSPS) is 14.8. The highest BCUT2D eigenvalue weighted by atomic mass is 15.1. The van der Waals surface area contributed by atoms with Gasteiger partial charge in [-0.25, -0.2) is 0 Å². The molecule has 2 rings (SSSR count). The highest BCUT2D eigenvalue weighted by Gasteiger charge is 2.17. The Kier molecular flexibility index (Phi) is 3.14. The number of nitrogens with zero attached hydrogens (tertiary/aromatic N) is 2. The van der Waals surface area contributed by atoms with Gasteiger partial charge in [-0.3, -0.25) is 0 Å². The van der Waals surface area contributed by atoms with Crippen molar-refractivity contribution in [1.82, 2.24) is 0 Å². The van der Waals surface area contributed by atoms with Crippen molar-refractivity contribution in [3.8, 4) is 6.07 Å². The maximum atomic E-state index is 8.77. The first-order chi connectivity index (χ1) is 7.72. The Balaban J connectivity index is 2.33. The third-order valence-electron chi connectivity index (χ3n) is 2.99. The lowest BCUT2D eigenvalue weighted by Gasteiger charge is -2.29. The van der Waals surface area contributed by atoms with Crippen LogP contribution in [0.5, 0.6) is 0 Å². The number of hydrogen-bond donors (Lipinski definition) is 0.